The first-order valence-corrected chi connectivity index (χ1v) is 12.4. The van der Waals surface area contributed by atoms with E-state index in [0.29, 0.717) is 60.9 Å². The Hall–Kier alpha value is -3.44. The number of hydrogen-bond donors (Lipinski definition) is 2. The van der Waals surface area contributed by atoms with Gasteiger partial charge in [-0.05, 0) is 55.1 Å². The number of pyridine rings is 2. The van der Waals surface area contributed by atoms with Crippen molar-refractivity contribution < 1.29 is 18.7 Å². The molecule has 2 amide bonds. The fourth-order valence-corrected chi connectivity index (χ4v) is 5.68. The molecule has 0 saturated carbocycles. The average molecular weight is 496 g/mol. The van der Waals surface area contributed by atoms with E-state index in [9.17, 15) is 18.8 Å². The quantitative estimate of drug-likeness (QED) is 0.507. The second-order valence-corrected chi connectivity index (χ2v) is 9.82. The number of cyclic esters (lactones) is 1. The summed E-state index contributed by atoms with van der Waals surface area (Å²) in [5.41, 5.74) is 1.05. The van der Waals surface area contributed by atoms with Crippen LogP contribution in [0.3, 0.4) is 0 Å². The van der Waals surface area contributed by atoms with E-state index in [-0.39, 0.29) is 29.4 Å². The Morgan fingerprint density at radius 1 is 1.14 bits per heavy atom. The van der Waals surface area contributed by atoms with Crippen LogP contribution in [-0.4, -0.2) is 46.5 Å². The molecule has 2 N–H and O–H groups in total. The lowest BCUT2D eigenvalue weighted by atomic mass is 10.1. The number of rotatable bonds is 6. The number of benzene rings is 1. The molecule has 2 aromatic heterocycles. The first-order chi connectivity index (χ1) is 17.0. The van der Waals surface area contributed by atoms with Gasteiger partial charge in [-0.3, -0.25) is 14.5 Å². The van der Waals surface area contributed by atoms with Crippen LogP contribution in [0.1, 0.15) is 24.4 Å². The lowest BCUT2D eigenvalue weighted by Gasteiger charge is -2.18. The van der Waals surface area contributed by atoms with E-state index in [4.69, 9.17) is 4.74 Å². The number of aromatic nitrogens is 2. The highest BCUT2D eigenvalue weighted by Gasteiger charge is 2.34. The molecule has 2 atom stereocenters. The largest absolute Gasteiger partial charge is 0.444 e. The molecule has 0 aliphatic carbocycles. The third kappa shape index (κ3) is 3.94. The Bertz CT molecular complexity index is 1430. The van der Waals surface area contributed by atoms with Crippen molar-refractivity contribution >= 4 is 46.3 Å². The second-order valence-electron chi connectivity index (χ2n) is 8.80. The van der Waals surface area contributed by atoms with Gasteiger partial charge in [0.25, 0.3) is 5.56 Å². The fourth-order valence-electron chi connectivity index (χ4n) is 4.92. The van der Waals surface area contributed by atoms with E-state index in [1.807, 2.05) is 6.07 Å². The van der Waals surface area contributed by atoms with Crippen molar-refractivity contribution in [3.05, 3.63) is 58.1 Å². The Morgan fingerprint density at radius 3 is 2.89 bits per heavy atom. The van der Waals surface area contributed by atoms with E-state index >= 15 is 0 Å². The fraction of sp³-hybridized carbons (Fsp3) is 0.333. The van der Waals surface area contributed by atoms with E-state index in [2.05, 4.69) is 15.6 Å². The summed E-state index contributed by atoms with van der Waals surface area (Å²) in [6, 6.07) is 9.68. The van der Waals surface area contributed by atoms with Gasteiger partial charge < -0.3 is 19.9 Å². The number of carbonyl (C=O) groups is 2. The van der Waals surface area contributed by atoms with Crippen molar-refractivity contribution in [2.24, 2.45) is 0 Å². The first-order valence-electron chi connectivity index (χ1n) is 11.4. The number of nitrogens with zero attached hydrogens (tertiary/aromatic N) is 3. The van der Waals surface area contributed by atoms with Crippen molar-refractivity contribution in [1.82, 2.24) is 14.9 Å². The first kappa shape index (κ1) is 22.1. The highest BCUT2D eigenvalue weighted by Crippen LogP contribution is 2.34. The number of thioether (sulfide) groups is 1. The molecule has 5 heterocycles. The summed E-state index contributed by atoms with van der Waals surface area (Å²) >= 11 is 1.41. The van der Waals surface area contributed by atoms with Crippen LogP contribution < -0.4 is 21.1 Å². The van der Waals surface area contributed by atoms with Gasteiger partial charge >= 0.3 is 6.09 Å². The van der Waals surface area contributed by atoms with Crippen LogP contribution in [-0.2, 0) is 16.1 Å². The van der Waals surface area contributed by atoms with Gasteiger partial charge in [0.2, 0.25) is 5.91 Å². The van der Waals surface area contributed by atoms with Gasteiger partial charge in [0.15, 0.2) is 0 Å². The molecule has 3 aliphatic rings. The molecule has 180 valence electrons. The average Bonchev–Trinajstić information content (AvgIpc) is 3.42. The Balaban J connectivity index is 1.06. The van der Waals surface area contributed by atoms with Gasteiger partial charge in [0.05, 0.1) is 28.8 Å². The minimum Gasteiger partial charge on any atom is -0.444 e. The van der Waals surface area contributed by atoms with Gasteiger partial charge in [0.1, 0.15) is 23.6 Å². The van der Waals surface area contributed by atoms with Crippen LogP contribution in [0.25, 0.3) is 10.9 Å². The number of nitrogens with one attached hydrogen (secondary N) is 2. The maximum atomic E-state index is 14.6. The molecular formula is C24H22FN5O4S. The molecule has 6 rings (SSSR count). The molecule has 3 aromatic rings. The smallest absolute Gasteiger partial charge is 0.415 e. The summed E-state index contributed by atoms with van der Waals surface area (Å²) in [5, 5.41) is 6.94. The van der Waals surface area contributed by atoms with E-state index < -0.39 is 6.09 Å². The standard InChI is InChI=1S/C24H22FN5O4S/c25-15-5-3-13-4-8-20(32)30-11-16(21(15)22(13)30)26-9-1-2-14-10-29(24(33)34-14)18-7-6-17-23(27-18)28-19(31)12-35-17/h3-8,14,16,26H,1-2,9-12H2,(H,27,28,31)/t14-,16-/m1/s1. The third-order valence-electron chi connectivity index (χ3n) is 6.55. The number of carbonyl (C=O) groups excluding carboxylic acids is 2. The molecule has 0 spiro atoms. The highest BCUT2D eigenvalue weighted by atomic mass is 32.2. The van der Waals surface area contributed by atoms with Crippen molar-refractivity contribution in [3.63, 3.8) is 0 Å². The molecule has 9 nitrogen and oxygen atoms in total. The van der Waals surface area contributed by atoms with Crippen LogP contribution in [0, 0.1) is 5.82 Å². The predicted molar refractivity (Wildman–Crippen MR) is 129 cm³/mol. The number of anilines is 2. The van der Waals surface area contributed by atoms with Gasteiger partial charge in [-0.1, -0.05) is 0 Å². The van der Waals surface area contributed by atoms with Gasteiger partial charge in [0, 0.05) is 18.2 Å². The molecule has 0 unspecified atom stereocenters. The Kier molecular flexibility index (Phi) is 5.45. The highest BCUT2D eigenvalue weighted by molar-refractivity contribution is 8.00. The number of halogens is 1. The van der Waals surface area contributed by atoms with E-state index in [1.165, 1.54) is 28.8 Å². The zero-order chi connectivity index (χ0) is 24.1. The lowest BCUT2D eigenvalue weighted by molar-refractivity contribution is -0.113. The zero-order valence-corrected chi connectivity index (χ0v) is 19.4. The maximum absolute atomic E-state index is 14.6. The third-order valence-corrected chi connectivity index (χ3v) is 7.60. The summed E-state index contributed by atoms with van der Waals surface area (Å²) < 4.78 is 21.8. The van der Waals surface area contributed by atoms with Crippen LogP contribution in [0.4, 0.5) is 20.8 Å². The summed E-state index contributed by atoms with van der Waals surface area (Å²) in [6.07, 6.45) is 0.563. The molecule has 11 heteroatoms. The van der Waals surface area contributed by atoms with Gasteiger partial charge in [-0.15, -0.1) is 11.8 Å². The Morgan fingerprint density at radius 2 is 2.00 bits per heavy atom. The minimum absolute atomic E-state index is 0.118. The summed E-state index contributed by atoms with van der Waals surface area (Å²) in [5.74, 6) is 0.812. The van der Waals surface area contributed by atoms with E-state index in [0.717, 1.165) is 10.3 Å². The molecule has 35 heavy (non-hydrogen) atoms. The summed E-state index contributed by atoms with van der Waals surface area (Å²) in [6.45, 7) is 1.33. The molecular weight excluding hydrogens is 473 g/mol. The molecule has 0 radical (unpaired) electrons. The van der Waals surface area contributed by atoms with Crippen molar-refractivity contribution in [2.75, 3.05) is 29.1 Å². The van der Waals surface area contributed by atoms with Gasteiger partial charge in [-0.25, -0.2) is 14.2 Å². The monoisotopic (exact) mass is 495 g/mol. The van der Waals surface area contributed by atoms with Crippen molar-refractivity contribution in [2.45, 2.75) is 36.4 Å². The lowest BCUT2D eigenvalue weighted by Crippen LogP contribution is -2.28. The molecule has 1 fully saturated rings. The van der Waals surface area contributed by atoms with Crippen LogP contribution in [0.15, 0.2) is 46.1 Å². The van der Waals surface area contributed by atoms with Crippen LogP contribution in [0.2, 0.25) is 0 Å². The molecule has 0 bridgehead atoms. The second kappa shape index (κ2) is 8.65. The minimum atomic E-state index is -0.468. The number of amides is 2. The normalized spacial score (nSPS) is 20.8. The molecule has 1 aromatic carbocycles. The SMILES string of the molecule is O=C1CSc2ccc(N3C[C@@H](CCCN[C@@H]4Cn5c(=O)ccc6ccc(F)c4c65)OC3=O)nc2N1. The zero-order valence-electron chi connectivity index (χ0n) is 18.6. The topological polar surface area (TPSA) is 106 Å². The maximum Gasteiger partial charge on any atom is 0.415 e. The summed E-state index contributed by atoms with van der Waals surface area (Å²) in [7, 11) is 0. The number of ether oxygens (including phenoxy) is 1. The number of fused-ring (bicyclic) bond motifs is 1. The van der Waals surface area contributed by atoms with Crippen LogP contribution >= 0.6 is 11.8 Å². The van der Waals surface area contributed by atoms with Crippen molar-refractivity contribution in [1.29, 1.82) is 0 Å². The number of hydrogen-bond acceptors (Lipinski definition) is 7. The molecule has 3 aliphatic heterocycles. The van der Waals surface area contributed by atoms with Crippen LogP contribution in [0.5, 0.6) is 0 Å². The van der Waals surface area contributed by atoms with Gasteiger partial charge in [-0.2, -0.15) is 0 Å². The Labute approximate surface area is 203 Å². The van der Waals surface area contributed by atoms with Crippen molar-refractivity contribution in [3.8, 4) is 0 Å². The van der Waals surface area contributed by atoms with E-state index in [1.54, 1.807) is 22.8 Å². The predicted octanol–water partition coefficient (Wildman–Crippen LogP) is 3.03. The summed E-state index contributed by atoms with van der Waals surface area (Å²) in [4.78, 5) is 43.1. The molecule has 1 saturated heterocycles.